The molecule has 0 atom stereocenters. The highest BCUT2D eigenvalue weighted by Gasteiger charge is 2.27. The Morgan fingerprint density at radius 2 is 2.18 bits per heavy atom. The Labute approximate surface area is 126 Å². The van der Waals surface area contributed by atoms with E-state index in [1.807, 2.05) is 5.32 Å². The van der Waals surface area contributed by atoms with Crippen LogP contribution in [0.5, 0.6) is 0 Å². The summed E-state index contributed by atoms with van der Waals surface area (Å²) in [5.41, 5.74) is 0.0640. The quantitative estimate of drug-likeness (QED) is 0.517. The minimum absolute atomic E-state index is 0.0385. The van der Waals surface area contributed by atoms with E-state index in [2.05, 4.69) is 10.1 Å². The maximum Gasteiger partial charge on any atom is 0.334 e. The van der Waals surface area contributed by atoms with Gasteiger partial charge >= 0.3 is 6.03 Å². The average Bonchev–Trinajstić information content (AvgIpc) is 2.46. The van der Waals surface area contributed by atoms with Crippen LogP contribution in [0.4, 0.5) is 4.79 Å². The highest BCUT2D eigenvalue weighted by Crippen LogP contribution is 2.15. The number of amides is 2. The molecule has 2 amide bonds. The van der Waals surface area contributed by atoms with Crippen molar-refractivity contribution in [3.63, 3.8) is 0 Å². The van der Waals surface area contributed by atoms with Gasteiger partial charge in [-0.25, -0.2) is 14.5 Å². The highest BCUT2D eigenvalue weighted by atomic mass is 32.2. The summed E-state index contributed by atoms with van der Waals surface area (Å²) in [5, 5.41) is 12.3. The molecule has 10 nitrogen and oxygen atoms in total. The van der Waals surface area contributed by atoms with Gasteiger partial charge in [0.05, 0.1) is 11.4 Å². The molecule has 0 fully saturated rings. The molecule has 0 aromatic carbocycles. The lowest BCUT2D eigenvalue weighted by molar-refractivity contribution is 0.0653. The molecular weight excluding hydrogens is 314 g/mol. The van der Waals surface area contributed by atoms with E-state index in [0.717, 1.165) is 0 Å². The lowest BCUT2D eigenvalue weighted by Crippen LogP contribution is -2.42. The van der Waals surface area contributed by atoms with E-state index >= 15 is 0 Å². The van der Waals surface area contributed by atoms with Gasteiger partial charge in [-0.15, -0.1) is 0 Å². The minimum atomic E-state index is -4.27. The van der Waals surface area contributed by atoms with Crippen molar-refractivity contribution in [3.05, 3.63) is 23.9 Å². The first-order chi connectivity index (χ1) is 10.4. The van der Waals surface area contributed by atoms with Crippen molar-refractivity contribution in [3.8, 4) is 0 Å². The topological polar surface area (TPSA) is 143 Å². The first-order valence-corrected chi connectivity index (χ1v) is 7.55. The van der Waals surface area contributed by atoms with Gasteiger partial charge in [0.2, 0.25) is 0 Å². The van der Waals surface area contributed by atoms with Crippen molar-refractivity contribution in [1.82, 2.24) is 15.0 Å². The predicted molar refractivity (Wildman–Crippen MR) is 74.9 cm³/mol. The molecular formula is C11H13N5O5S. The average molecular weight is 327 g/mol. The van der Waals surface area contributed by atoms with E-state index in [1.54, 1.807) is 4.72 Å². The number of pyridine rings is 1. The van der Waals surface area contributed by atoms with Gasteiger partial charge in [0.1, 0.15) is 6.61 Å². The molecule has 0 radical (unpaired) electrons. The number of urea groups is 1. The largest absolute Gasteiger partial charge is 0.471 e. The first-order valence-electron chi connectivity index (χ1n) is 6.07. The van der Waals surface area contributed by atoms with E-state index in [1.165, 1.54) is 25.3 Å². The zero-order valence-electron chi connectivity index (χ0n) is 11.5. The third-order valence-electron chi connectivity index (χ3n) is 2.35. The van der Waals surface area contributed by atoms with Gasteiger partial charge in [0.15, 0.2) is 11.6 Å². The first kappa shape index (κ1) is 15.7. The Morgan fingerprint density at radius 3 is 2.82 bits per heavy atom. The second-order valence-electron chi connectivity index (χ2n) is 4.12. The smallest absolute Gasteiger partial charge is 0.334 e. The van der Waals surface area contributed by atoms with E-state index in [0.29, 0.717) is 0 Å². The number of nitrogens with zero attached hydrogens (tertiary/aromatic N) is 2. The number of hydrogen-bond acceptors (Lipinski definition) is 8. The number of aromatic nitrogens is 1. The van der Waals surface area contributed by atoms with Gasteiger partial charge in [-0.1, -0.05) is 0 Å². The molecule has 0 saturated heterocycles. The van der Waals surface area contributed by atoms with Crippen LogP contribution in [0.2, 0.25) is 0 Å². The fraction of sp³-hybridized carbons (Fsp3) is 0.273. The molecule has 2 rings (SSSR count). The maximum absolute atomic E-state index is 12.2. The van der Waals surface area contributed by atoms with Crippen LogP contribution in [-0.2, 0) is 19.6 Å². The SMILES string of the molecule is CC(=N)NC(=O)NS(=O)(=O)c1ncccc1C1=NOCCO1. The molecule has 2 heterocycles. The highest BCUT2D eigenvalue weighted by molar-refractivity contribution is 7.90. The summed E-state index contributed by atoms with van der Waals surface area (Å²) in [6, 6.07) is 1.86. The number of ether oxygens (including phenoxy) is 1. The third-order valence-corrected chi connectivity index (χ3v) is 3.63. The second kappa shape index (κ2) is 6.39. The lowest BCUT2D eigenvalue weighted by atomic mass is 10.3. The Morgan fingerprint density at radius 1 is 1.41 bits per heavy atom. The van der Waals surface area contributed by atoms with Gasteiger partial charge in [-0.05, 0) is 24.2 Å². The molecule has 118 valence electrons. The van der Waals surface area contributed by atoms with Crippen LogP contribution in [0.15, 0.2) is 28.5 Å². The van der Waals surface area contributed by atoms with Gasteiger partial charge in [-0.2, -0.15) is 8.42 Å². The number of sulfonamides is 1. The summed E-state index contributed by atoms with van der Waals surface area (Å²) in [6.07, 6.45) is 1.25. The number of carbonyl (C=O) groups is 1. The number of hydrogen-bond donors (Lipinski definition) is 3. The molecule has 0 spiro atoms. The molecule has 1 aromatic heterocycles. The summed E-state index contributed by atoms with van der Waals surface area (Å²) in [6.45, 7) is 1.76. The van der Waals surface area contributed by atoms with Crippen molar-refractivity contribution in [2.75, 3.05) is 13.2 Å². The number of amidine groups is 1. The predicted octanol–water partition coefficient (Wildman–Crippen LogP) is -0.225. The normalized spacial score (nSPS) is 14.1. The maximum atomic E-state index is 12.2. The van der Waals surface area contributed by atoms with Crippen LogP contribution < -0.4 is 10.0 Å². The van der Waals surface area contributed by atoms with Gasteiger partial charge in [0, 0.05) is 6.20 Å². The van der Waals surface area contributed by atoms with Crippen LogP contribution >= 0.6 is 0 Å². The Hall–Kier alpha value is -2.69. The zero-order chi connectivity index (χ0) is 16.2. The summed E-state index contributed by atoms with van der Waals surface area (Å²) in [5.74, 6) is -0.245. The van der Waals surface area contributed by atoms with Crippen molar-refractivity contribution in [2.45, 2.75) is 11.9 Å². The van der Waals surface area contributed by atoms with Crippen LogP contribution in [-0.4, -0.2) is 44.4 Å². The minimum Gasteiger partial charge on any atom is -0.471 e. The Kier molecular flexibility index (Phi) is 4.56. The summed E-state index contributed by atoms with van der Waals surface area (Å²) in [4.78, 5) is 20.1. The Bertz CT molecular complexity index is 730. The lowest BCUT2D eigenvalue weighted by Gasteiger charge is -2.15. The zero-order valence-corrected chi connectivity index (χ0v) is 12.3. The number of rotatable bonds is 3. The molecule has 1 aromatic rings. The number of oxime groups is 1. The molecule has 1 aliphatic rings. The van der Waals surface area contributed by atoms with E-state index in [-0.39, 0.29) is 30.5 Å². The third kappa shape index (κ3) is 3.69. The van der Waals surface area contributed by atoms with Gasteiger partial charge in [-0.3, -0.25) is 10.7 Å². The van der Waals surface area contributed by atoms with Gasteiger partial charge in [0.25, 0.3) is 15.9 Å². The molecule has 22 heavy (non-hydrogen) atoms. The van der Waals surface area contributed by atoms with Crippen LogP contribution in [0.1, 0.15) is 12.5 Å². The molecule has 0 unspecified atom stereocenters. The van der Waals surface area contributed by atoms with Crippen molar-refractivity contribution >= 4 is 27.8 Å². The molecule has 0 aliphatic carbocycles. The van der Waals surface area contributed by atoms with Crippen molar-refractivity contribution < 1.29 is 22.8 Å². The summed E-state index contributed by atoms with van der Waals surface area (Å²) < 4.78 is 31.4. The molecule has 3 N–H and O–H groups in total. The van der Waals surface area contributed by atoms with Crippen LogP contribution in [0.3, 0.4) is 0 Å². The van der Waals surface area contributed by atoms with Crippen LogP contribution in [0.25, 0.3) is 0 Å². The van der Waals surface area contributed by atoms with E-state index in [9.17, 15) is 13.2 Å². The molecule has 0 saturated carbocycles. The van der Waals surface area contributed by atoms with E-state index < -0.39 is 21.1 Å². The number of nitrogens with one attached hydrogen (secondary N) is 3. The summed E-state index contributed by atoms with van der Waals surface area (Å²) >= 11 is 0. The fourth-order valence-electron chi connectivity index (χ4n) is 1.57. The van der Waals surface area contributed by atoms with E-state index in [4.69, 9.17) is 15.0 Å². The molecule has 11 heteroatoms. The van der Waals surface area contributed by atoms with Crippen molar-refractivity contribution in [2.24, 2.45) is 5.16 Å². The molecule has 0 bridgehead atoms. The molecule has 1 aliphatic heterocycles. The second-order valence-corrected chi connectivity index (χ2v) is 5.72. The van der Waals surface area contributed by atoms with Crippen molar-refractivity contribution in [1.29, 1.82) is 5.41 Å². The number of carbonyl (C=O) groups excluding carboxylic acids is 1. The standard InChI is InChI=1S/C11H13N5O5S/c1-7(12)14-11(17)16-22(18,19)10-8(3-2-4-13-10)9-15-21-6-5-20-9/h2-4H,5-6H2,1H3,(H3,12,14,16,17). The monoisotopic (exact) mass is 327 g/mol. The Balaban J connectivity index is 2.33. The van der Waals surface area contributed by atoms with Gasteiger partial charge < -0.3 is 9.57 Å². The van der Waals surface area contributed by atoms with Crippen LogP contribution in [0, 0.1) is 5.41 Å². The fourth-order valence-corrected chi connectivity index (χ4v) is 2.60. The summed E-state index contributed by atoms with van der Waals surface area (Å²) in [7, 11) is -4.27.